The van der Waals surface area contributed by atoms with Crippen LogP contribution in [0, 0.1) is 6.92 Å². The third-order valence-electron chi connectivity index (χ3n) is 4.42. The molecule has 2 amide bonds. The van der Waals surface area contributed by atoms with E-state index in [9.17, 15) is 14.4 Å². The lowest BCUT2D eigenvalue weighted by Gasteiger charge is -2.27. The van der Waals surface area contributed by atoms with Crippen LogP contribution in [0.15, 0.2) is 30.3 Å². The first-order valence-electron chi connectivity index (χ1n) is 7.82. The molecule has 1 fully saturated rings. The van der Waals surface area contributed by atoms with Gasteiger partial charge in [-0.3, -0.25) is 14.3 Å². The average molecular weight is 325 g/mol. The average Bonchev–Trinajstić information content (AvgIpc) is 3.00. The van der Waals surface area contributed by atoms with Gasteiger partial charge in [0.15, 0.2) is 0 Å². The number of rotatable bonds is 3. The molecule has 0 saturated heterocycles. The summed E-state index contributed by atoms with van der Waals surface area (Å²) in [5.41, 5.74) is 1.42. The zero-order chi connectivity index (χ0) is 16.8. The molecule has 7 nitrogen and oxygen atoms in total. The van der Waals surface area contributed by atoms with Crippen molar-refractivity contribution >= 4 is 17.8 Å². The normalized spacial score (nSPS) is 17.0. The quantitative estimate of drug-likeness (QED) is 0.809. The van der Waals surface area contributed by atoms with Crippen LogP contribution in [-0.2, 0) is 4.84 Å². The van der Waals surface area contributed by atoms with Gasteiger partial charge in [0.25, 0.3) is 11.8 Å². The molecule has 2 aromatic rings. The van der Waals surface area contributed by atoms with Gasteiger partial charge in [-0.15, -0.1) is 0 Å². The summed E-state index contributed by atoms with van der Waals surface area (Å²) in [6.45, 7) is 1.79. The van der Waals surface area contributed by atoms with Gasteiger partial charge in [0.2, 0.25) is 0 Å². The van der Waals surface area contributed by atoms with E-state index >= 15 is 0 Å². The Morgan fingerprint density at radius 3 is 2.33 bits per heavy atom. The maximum absolute atomic E-state index is 12.5. The van der Waals surface area contributed by atoms with Gasteiger partial charge in [-0.05, 0) is 44.4 Å². The number of fused-ring (bicyclic) bond motifs is 1. The Balaban J connectivity index is 1.60. The Hall–Kier alpha value is -2.96. The van der Waals surface area contributed by atoms with Crippen molar-refractivity contribution in [1.29, 1.82) is 0 Å². The van der Waals surface area contributed by atoms with Crippen LogP contribution in [0.5, 0.6) is 0 Å². The summed E-state index contributed by atoms with van der Waals surface area (Å²) in [6.07, 6.45) is 3.00. The molecule has 0 unspecified atom stereocenters. The molecular formula is C17H15N3O4. The smallest absolute Gasteiger partial charge is 0.323 e. The number of hydrogen-bond acceptors (Lipinski definition) is 5. The molecule has 24 heavy (non-hydrogen) atoms. The van der Waals surface area contributed by atoms with Crippen LogP contribution < -0.4 is 0 Å². The van der Waals surface area contributed by atoms with Crippen molar-refractivity contribution in [3.8, 4) is 0 Å². The number of carbonyl (C=O) groups is 3. The highest BCUT2D eigenvalue weighted by molar-refractivity contribution is 6.21. The fraction of sp³-hybridized carbons (Fsp3) is 0.294. The third kappa shape index (κ3) is 2.12. The number of nitrogens with zero attached hydrogens (tertiary/aromatic N) is 3. The predicted molar refractivity (Wildman–Crippen MR) is 82.2 cm³/mol. The van der Waals surface area contributed by atoms with Gasteiger partial charge in [0, 0.05) is 0 Å². The summed E-state index contributed by atoms with van der Waals surface area (Å²) in [6, 6.07) is 8.16. The molecule has 0 atom stereocenters. The van der Waals surface area contributed by atoms with Gasteiger partial charge in [0.05, 0.1) is 22.9 Å². The molecule has 1 saturated carbocycles. The summed E-state index contributed by atoms with van der Waals surface area (Å²) < 4.78 is 1.64. The van der Waals surface area contributed by atoms with Gasteiger partial charge in [-0.25, -0.2) is 4.79 Å². The Morgan fingerprint density at radius 2 is 1.79 bits per heavy atom. The molecule has 122 valence electrons. The molecular weight excluding hydrogens is 310 g/mol. The largest absolute Gasteiger partial charge is 0.381 e. The first kappa shape index (κ1) is 14.6. The van der Waals surface area contributed by atoms with Gasteiger partial charge >= 0.3 is 5.97 Å². The minimum Gasteiger partial charge on any atom is -0.323 e. The van der Waals surface area contributed by atoms with E-state index in [0.29, 0.717) is 10.8 Å². The number of aromatic nitrogens is 2. The summed E-state index contributed by atoms with van der Waals surface area (Å²) in [5, 5.41) is 4.86. The molecule has 1 aliphatic heterocycles. The van der Waals surface area contributed by atoms with Gasteiger partial charge < -0.3 is 4.84 Å². The van der Waals surface area contributed by atoms with Crippen LogP contribution in [0.2, 0.25) is 0 Å². The summed E-state index contributed by atoms with van der Waals surface area (Å²) in [5.74, 6) is -2.01. The van der Waals surface area contributed by atoms with Gasteiger partial charge in [-0.1, -0.05) is 17.2 Å². The Labute approximate surface area is 137 Å². The fourth-order valence-corrected chi connectivity index (χ4v) is 2.96. The summed E-state index contributed by atoms with van der Waals surface area (Å²) >= 11 is 0. The molecule has 0 spiro atoms. The van der Waals surface area contributed by atoms with Crippen LogP contribution >= 0.6 is 0 Å². The van der Waals surface area contributed by atoms with Crippen molar-refractivity contribution < 1.29 is 19.2 Å². The minimum absolute atomic E-state index is 0.170. The number of hydroxylamine groups is 2. The SMILES string of the molecule is Cc1cc(C(=O)ON2C(=O)c3ccccc3C2=O)n(C2CCC2)n1. The maximum atomic E-state index is 12.5. The third-order valence-corrected chi connectivity index (χ3v) is 4.42. The monoisotopic (exact) mass is 325 g/mol. The van der Waals surface area contributed by atoms with Gasteiger partial charge in [0.1, 0.15) is 5.69 Å². The summed E-state index contributed by atoms with van der Waals surface area (Å²) in [4.78, 5) is 42.1. The maximum Gasteiger partial charge on any atom is 0.381 e. The fourth-order valence-electron chi connectivity index (χ4n) is 2.96. The molecule has 4 rings (SSSR count). The highest BCUT2D eigenvalue weighted by atomic mass is 16.7. The van der Waals surface area contributed by atoms with E-state index < -0.39 is 17.8 Å². The highest BCUT2D eigenvalue weighted by Gasteiger charge is 2.39. The van der Waals surface area contributed by atoms with Crippen LogP contribution in [0.25, 0.3) is 0 Å². The van der Waals surface area contributed by atoms with E-state index in [2.05, 4.69) is 5.10 Å². The number of imide groups is 1. The van der Waals surface area contributed by atoms with Crippen LogP contribution in [0.3, 0.4) is 0 Å². The first-order chi connectivity index (χ1) is 11.6. The van der Waals surface area contributed by atoms with Crippen LogP contribution in [-0.4, -0.2) is 32.6 Å². The molecule has 0 N–H and O–H groups in total. The van der Waals surface area contributed by atoms with E-state index in [1.165, 1.54) is 12.1 Å². The van der Waals surface area contributed by atoms with E-state index in [4.69, 9.17) is 4.84 Å². The van der Waals surface area contributed by atoms with Crippen molar-refractivity contribution in [3.63, 3.8) is 0 Å². The number of benzene rings is 1. The van der Waals surface area contributed by atoms with Gasteiger partial charge in [-0.2, -0.15) is 5.10 Å². The molecule has 2 heterocycles. The topological polar surface area (TPSA) is 81.5 Å². The lowest BCUT2D eigenvalue weighted by Crippen LogP contribution is -2.34. The Bertz CT molecular complexity index is 831. The van der Waals surface area contributed by atoms with Crippen LogP contribution in [0.4, 0.5) is 0 Å². The summed E-state index contributed by atoms with van der Waals surface area (Å²) in [7, 11) is 0. The van der Waals surface area contributed by atoms with Crippen molar-refractivity contribution in [2.45, 2.75) is 32.2 Å². The first-order valence-corrected chi connectivity index (χ1v) is 7.82. The van der Waals surface area contributed by atoms with E-state index in [1.807, 2.05) is 0 Å². The molecule has 1 aliphatic carbocycles. The van der Waals surface area contributed by atoms with E-state index in [0.717, 1.165) is 19.3 Å². The van der Waals surface area contributed by atoms with E-state index in [1.54, 1.807) is 29.8 Å². The molecule has 0 radical (unpaired) electrons. The second-order valence-electron chi connectivity index (χ2n) is 6.03. The van der Waals surface area contributed by atoms with Crippen molar-refractivity contribution in [1.82, 2.24) is 14.8 Å². The molecule has 7 heteroatoms. The Kier molecular flexibility index (Phi) is 3.23. The Morgan fingerprint density at radius 1 is 1.17 bits per heavy atom. The standard InChI is InChI=1S/C17H15N3O4/c1-10-9-14(19(18-10)11-5-4-6-11)17(23)24-20-15(21)12-7-2-3-8-13(12)16(20)22/h2-3,7-9,11H,4-6H2,1H3. The van der Waals surface area contributed by atoms with Crippen LogP contribution in [0.1, 0.15) is 62.2 Å². The number of carbonyl (C=O) groups excluding carboxylic acids is 3. The number of aryl methyl sites for hydroxylation is 1. The molecule has 1 aromatic heterocycles. The van der Waals surface area contributed by atoms with E-state index in [-0.39, 0.29) is 22.9 Å². The zero-order valence-electron chi connectivity index (χ0n) is 13.1. The van der Waals surface area contributed by atoms with Crippen molar-refractivity contribution in [3.05, 3.63) is 52.8 Å². The second-order valence-corrected chi connectivity index (χ2v) is 6.03. The van der Waals surface area contributed by atoms with Crippen molar-refractivity contribution in [2.24, 2.45) is 0 Å². The zero-order valence-corrected chi connectivity index (χ0v) is 13.1. The predicted octanol–water partition coefficient (Wildman–Crippen LogP) is 2.28. The highest BCUT2D eigenvalue weighted by Crippen LogP contribution is 2.32. The second kappa shape index (κ2) is 5.30. The number of hydrogen-bond donors (Lipinski definition) is 0. The molecule has 1 aromatic carbocycles. The minimum atomic E-state index is -0.753. The molecule has 0 bridgehead atoms. The van der Waals surface area contributed by atoms with Crippen molar-refractivity contribution in [2.75, 3.05) is 0 Å². The lowest BCUT2D eigenvalue weighted by molar-refractivity contribution is -0.0594. The molecule has 2 aliphatic rings. The lowest BCUT2D eigenvalue weighted by atomic mass is 9.93. The number of amides is 2.